The number of pyridine rings is 1. The number of aromatic nitrogens is 2. The summed E-state index contributed by atoms with van der Waals surface area (Å²) in [7, 11) is 0. The molecule has 0 atom stereocenters. The number of fused-ring (bicyclic) bond motifs is 1. The van der Waals surface area contributed by atoms with Crippen LogP contribution in [0.3, 0.4) is 0 Å². The van der Waals surface area contributed by atoms with Gasteiger partial charge < -0.3 is 15.4 Å². The van der Waals surface area contributed by atoms with Crippen LogP contribution in [0.25, 0.3) is 5.65 Å². The van der Waals surface area contributed by atoms with Crippen LogP contribution in [-0.2, 0) is 20.7 Å². The minimum absolute atomic E-state index is 0.0842. The normalized spacial score (nSPS) is 10.6. The molecule has 0 spiro atoms. The van der Waals surface area contributed by atoms with Gasteiger partial charge >= 0.3 is 5.97 Å². The molecule has 0 radical (unpaired) electrons. The maximum Gasteiger partial charge on any atom is 0.312 e. The van der Waals surface area contributed by atoms with E-state index in [1.165, 1.54) is 0 Å². The molecule has 3 aromatic rings. The lowest BCUT2D eigenvalue weighted by Gasteiger charge is -2.09. The summed E-state index contributed by atoms with van der Waals surface area (Å²) in [5, 5.41) is 5.30. The Morgan fingerprint density at radius 2 is 1.90 bits per heavy atom. The minimum Gasteiger partial charge on any atom is -0.466 e. The largest absolute Gasteiger partial charge is 0.466 e. The number of hydrogen-bond donors (Lipinski definition) is 2. The number of rotatable bonds is 7. The highest BCUT2D eigenvalue weighted by Crippen LogP contribution is 2.22. The molecule has 0 saturated heterocycles. The Hall–Kier alpha value is -3.20. The van der Waals surface area contributed by atoms with Crippen LogP contribution < -0.4 is 10.6 Å². The highest BCUT2D eigenvalue weighted by molar-refractivity contribution is 9.10. The first-order valence-corrected chi connectivity index (χ1v) is 9.72. The molecule has 3 rings (SSSR count). The summed E-state index contributed by atoms with van der Waals surface area (Å²) in [6.07, 6.45) is 1.65. The predicted octanol–water partition coefficient (Wildman–Crippen LogP) is 2.57. The molecule has 2 heterocycles. The molecule has 0 saturated carbocycles. The Kier molecular flexibility index (Phi) is 6.61. The molecule has 0 aliphatic heterocycles. The maximum atomic E-state index is 12.4. The first-order chi connectivity index (χ1) is 14.0. The Bertz CT molecular complexity index is 1050. The van der Waals surface area contributed by atoms with E-state index in [0.717, 1.165) is 4.47 Å². The summed E-state index contributed by atoms with van der Waals surface area (Å²) in [5.41, 5.74) is 1.41. The second-order valence-electron chi connectivity index (χ2n) is 6.06. The van der Waals surface area contributed by atoms with Gasteiger partial charge in [0.25, 0.3) is 5.91 Å². The zero-order valence-corrected chi connectivity index (χ0v) is 17.2. The van der Waals surface area contributed by atoms with Gasteiger partial charge in [-0.25, -0.2) is 4.98 Å². The predicted molar refractivity (Wildman–Crippen MR) is 111 cm³/mol. The molecule has 0 unspecified atom stereocenters. The molecule has 0 aliphatic carbocycles. The van der Waals surface area contributed by atoms with Crippen LogP contribution in [0.2, 0.25) is 0 Å². The standard InChI is InChI=1S/C20H19BrN4O4/c1-2-29-18(27)10-15-19(25-12-14(21)8-9-16(25)23-15)24-17(26)11-22-20(28)13-6-4-3-5-7-13/h3-9,12H,2,10-11H2,1H3,(H,22,28)(H,24,26). The Morgan fingerprint density at radius 1 is 1.14 bits per heavy atom. The van der Waals surface area contributed by atoms with Crippen molar-refractivity contribution in [3.8, 4) is 0 Å². The summed E-state index contributed by atoms with van der Waals surface area (Å²) < 4.78 is 7.42. The molecule has 0 aliphatic rings. The van der Waals surface area contributed by atoms with Crippen molar-refractivity contribution in [3.05, 3.63) is 64.4 Å². The number of carbonyl (C=O) groups excluding carboxylic acids is 3. The molecular weight excluding hydrogens is 440 g/mol. The van der Waals surface area contributed by atoms with Gasteiger partial charge in [0, 0.05) is 16.2 Å². The molecule has 1 aromatic carbocycles. The van der Waals surface area contributed by atoms with Crippen LogP contribution >= 0.6 is 15.9 Å². The van der Waals surface area contributed by atoms with Crippen molar-refractivity contribution >= 4 is 45.2 Å². The van der Waals surface area contributed by atoms with Gasteiger partial charge in [-0.1, -0.05) is 18.2 Å². The summed E-state index contributed by atoms with van der Waals surface area (Å²) in [6, 6.07) is 12.2. The zero-order valence-electron chi connectivity index (χ0n) is 15.6. The fraction of sp³-hybridized carbons (Fsp3) is 0.200. The molecule has 2 amide bonds. The minimum atomic E-state index is -0.443. The van der Waals surface area contributed by atoms with E-state index in [0.29, 0.717) is 22.7 Å². The molecule has 150 valence electrons. The topological polar surface area (TPSA) is 102 Å². The van der Waals surface area contributed by atoms with Crippen molar-refractivity contribution < 1.29 is 19.1 Å². The van der Waals surface area contributed by atoms with Crippen LogP contribution in [0.4, 0.5) is 5.82 Å². The fourth-order valence-electron chi connectivity index (χ4n) is 2.70. The number of esters is 1. The van der Waals surface area contributed by atoms with Crippen LogP contribution in [0.15, 0.2) is 53.1 Å². The Morgan fingerprint density at radius 3 is 2.62 bits per heavy atom. The first-order valence-electron chi connectivity index (χ1n) is 8.93. The number of imidazole rings is 1. The average molecular weight is 459 g/mol. The van der Waals surface area contributed by atoms with Gasteiger partial charge in [0.1, 0.15) is 11.5 Å². The number of hydrogen-bond acceptors (Lipinski definition) is 5. The number of amides is 2. The van der Waals surface area contributed by atoms with Gasteiger partial charge in [-0.2, -0.15) is 0 Å². The zero-order chi connectivity index (χ0) is 20.8. The van der Waals surface area contributed by atoms with Crippen molar-refractivity contribution in [3.63, 3.8) is 0 Å². The molecular formula is C20H19BrN4O4. The molecule has 0 fully saturated rings. The molecule has 9 heteroatoms. The maximum absolute atomic E-state index is 12.4. The van der Waals surface area contributed by atoms with Crippen molar-refractivity contribution in [1.82, 2.24) is 14.7 Å². The Labute approximate surface area is 175 Å². The lowest BCUT2D eigenvalue weighted by Crippen LogP contribution is -2.33. The summed E-state index contributed by atoms with van der Waals surface area (Å²) >= 11 is 3.38. The van der Waals surface area contributed by atoms with Gasteiger partial charge in [0.2, 0.25) is 5.91 Å². The molecule has 2 N–H and O–H groups in total. The SMILES string of the molecule is CCOC(=O)Cc1nc2ccc(Br)cn2c1NC(=O)CNC(=O)c1ccccc1. The van der Waals surface area contributed by atoms with Crippen molar-refractivity contribution in [2.24, 2.45) is 0 Å². The lowest BCUT2D eigenvalue weighted by atomic mass is 10.2. The molecule has 0 bridgehead atoms. The van der Waals surface area contributed by atoms with Crippen LogP contribution in [0.1, 0.15) is 23.0 Å². The number of halogens is 1. The number of anilines is 1. The molecule has 29 heavy (non-hydrogen) atoms. The lowest BCUT2D eigenvalue weighted by molar-refractivity contribution is -0.142. The quantitative estimate of drug-likeness (QED) is 0.529. The number of benzene rings is 1. The third kappa shape index (κ3) is 5.20. The summed E-state index contributed by atoms with van der Waals surface area (Å²) in [4.78, 5) is 40.9. The van der Waals surface area contributed by atoms with E-state index in [1.54, 1.807) is 53.9 Å². The molecule has 2 aromatic heterocycles. The van der Waals surface area contributed by atoms with E-state index in [4.69, 9.17) is 4.74 Å². The van der Waals surface area contributed by atoms with Gasteiger partial charge in [0.15, 0.2) is 0 Å². The highest BCUT2D eigenvalue weighted by atomic mass is 79.9. The summed E-state index contributed by atoms with van der Waals surface area (Å²) in [6.45, 7) is 1.75. The number of ether oxygens (including phenoxy) is 1. The monoisotopic (exact) mass is 458 g/mol. The van der Waals surface area contributed by atoms with E-state index in [9.17, 15) is 14.4 Å². The average Bonchev–Trinajstić information content (AvgIpc) is 3.03. The van der Waals surface area contributed by atoms with E-state index < -0.39 is 11.9 Å². The third-order valence-electron chi connectivity index (χ3n) is 3.98. The highest BCUT2D eigenvalue weighted by Gasteiger charge is 2.19. The smallest absolute Gasteiger partial charge is 0.312 e. The van der Waals surface area contributed by atoms with E-state index in [1.807, 2.05) is 6.07 Å². The van der Waals surface area contributed by atoms with Crippen molar-refractivity contribution in [2.45, 2.75) is 13.3 Å². The van der Waals surface area contributed by atoms with Gasteiger partial charge in [-0.3, -0.25) is 18.8 Å². The second kappa shape index (κ2) is 9.33. The van der Waals surface area contributed by atoms with E-state index in [-0.39, 0.29) is 25.5 Å². The van der Waals surface area contributed by atoms with Gasteiger partial charge in [-0.05, 0) is 47.1 Å². The van der Waals surface area contributed by atoms with Gasteiger partial charge in [-0.15, -0.1) is 0 Å². The van der Waals surface area contributed by atoms with E-state index >= 15 is 0 Å². The number of nitrogens with one attached hydrogen (secondary N) is 2. The first kappa shape index (κ1) is 20.5. The van der Waals surface area contributed by atoms with Crippen LogP contribution in [-0.4, -0.2) is 40.3 Å². The summed E-state index contributed by atoms with van der Waals surface area (Å²) in [5.74, 6) is -0.884. The van der Waals surface area contributed by atoms with Crippen LogP contribution in [0.5, 0.6) is 0 Å². The molecule has 8 nitrogen and oxygen atoms in total. The third-order valence-corrected chi connectivity index (χ3v) is 4.44. The second-order valence-corrected chi connectivity index (χ2v) is 6.98. The van der Waals surface area contributed by atoms with Crippen LogP contribution in [0, 0.1) is 0 Å². The van der Waals surface area contributed by atoms with E-state index in [2.05, 4.69) is 31.5 Å². The van der Waals surface area contributed by atoms with Crippen molar-refractivity contribution in [2.75, 3.05) is 18.5 Å². The number of carbonyl (C=O) groups is 3. The number of nitrogens with zero attached hydrogens (tertiary/aromatic N) is 2. The Balaban J connectivity index is 1.76. The van der Waals surface area contributed by atoms with Gasteiger partial charge in [0.05, 0.1) is 25.3 Å². The fourth-order valence-corrected chi connectivity index (χ4v) is 3.04. The van der Waals surface area contributed by atoms with Crippen molar-refractivity contribution in [1.29, 1.82) is 0 Å².